The fraction of sp³-hybridized carbons (Fsp3) is 0.286. The molecule has 0 fully saturated rings. The minimum atomic E-state index is 0.370. The molecular formula is C7H8N4O. The van der Waals surface area contributed by atoms with Crippen LogP contribution in [0, 0.1) is 13.8 Å². The van der Waals surface area contributed by atoms with Crippen molar-refractivity contribution in [2.45, 2.75) is 13.8 Å². The maximum atomic E-state index is 5.60. The number of hydrogen-bond acceptors (Lipinski definition) is 5. The second kappa shape index (κ2) is 2.17. The highest BCUT2D eigenvalue weighted by Crippen LogP contribution is 2.18. The Labute approximate surface area is 68.6 Å². The third-order valence-corrected chi connectivity index (χ3v) is 1.63. The summed E-state index contributed by atoms with van der Waals surface area (Å²) in [5, 5.41) is 3.73. The Bertz CT molecular complexity index is 434. The number of nitrogens with zero attached hydrogens (tertiary/aromatic N) is 3. The maximum absolute atomic E-state index is 5.60. The average Bonchev–Trinajstić information content (AvgIpc) is 2.33. The summed E-state index contributed by atoms with van der Waals surface area (Å²) in [6, 6.07) is 0. The van der Waals surface area contributed by atoms with Crippen molar-refractivity contribution in [1.29, 1.82) is 0 Å². The first-order valence-corrected chi connectivity index (χ1v) is 3.54. The Hall–Kier alpha value is -1.65. The van der Waals surface area contributed by atoms with Gasteiger partial charge in [0.05, 0.1) is 0 Å². The van der Waals surface area contributed by atoms with Gasteiger partial charge in [0.25, 0.3) is 0 Å². The van der Waals surface area contributed by atoms with Crippen LogP contribution in [-0.4, -0.2) is 15.1 Å². The molecule has 0 saturated carbocycles. The summed E-state index contributed by atoms with van der Waals surface area (Å²) < 4.78 is 4.92. The van der Waals surface area contributed by atoms with Gasteiger partial charge in [0.15, 0.2) is 17.1 Å². The van der Waals surface area contributed by atoms with Gasteiger partial charge in [-0.3, -0.25) is 0 Å². The number of fused-ring (bicyclic) bond motifs is 1. The lowest BCUT2D eigenvalue weighted by Crippen LogP contribution is -1.96. The van der Waals surface area contributed by atoms with Crippen molar-refractivity contribution in [3.05, 3.63) is 11.6 Å². The topological polar surface area (TPSA) is 77.8 Å². The highest BCUT2D eigenvalue weighted by atomic mass is 16.5. The summed E-state index contributed by atoms with van der Waals surface area (Å²) in [7, 11) is 0. The van der Waals surface area contributed by atoms with E-state index < -0.39 is 0 Å². The highest BCUT2D eigenvalue weighted by Gasteiger charge is 2.09. The van der Waals surface area contributed by atoms with Crippen LogP contribution in [0.1, 0.15) is 11.6 Å². The lowest BCUT2D eigenvalue weighted by molar-refractivity contribution is 0.405. The normalized spacial score (nSPS) is 10.8. The molecule has 62 valence electrons. The predicted molar refractivity (Wildman–Crippen MR) is 43.5 cm³/mol. The molecule has 0 amide bonds. The van der Waals surface area contributed by atoms with Crippen LogP contribution >= 0.6 is 0 Å². The molecule has 0 radical (unpaired) electrons. The molecule has 2 N–H and O–H groups in total. The van der Waals surface area contributed by atoms with Crippen LogP contribution in [0.4, 0.5) is 5.82 Å². The molecule has 2 aromatic heterocycles. The Morgan fingerprint density at radius 1 is 1.17 bits per heavy atom. The number of anilines is 1. The molecule has 2 heterocycles. The van der Waals surface area contributed by atoms with Crippen LogP contribution in [0.3, 0.4) is 0 Å². The molecule has 0 spiro atoms. The largest absolute Gasteiger partial charge is 0.382 e. The quantitative estimate of drug-likeness (QED) is 0.623. The Balaban J connectivity index is 2.92. The molecule has 2 rings (SSSR count). The van der Waals surface area contributed by atoms with Crippen molar-refractivity contribution in [3.8, 4) is 0 Å². The van der Waals surface area contributed by atoms with Gasteiger partial charge in [0, 0.05) is 0 Å². The van der Waals surface area contributed by atoms with Crippen molar-refractivity contribution in [3.63, 3.8) is 0 Å². The van der Waals surface area contributed by atoms with Crippen LogP contribution in [0.2, 0.25) is 0 Å². The molecule has 0 aliphatic rings. The number of aryl methyl sites for hydroxylation is 2. The third kappa shape index (κ3) is 0.827. The summed E-state index contributed by atoms with van der Waals surface area (Å²) in [5.41, 5.74) is 6.83. The third-order valence-electron chi connectivity index (χ3n) is 1.63. The Morgan fingerprint density at radius 3 is 2.67 bits per heavy atom. The second-order valence-corrected chi connectivity index (χ2v) is 2.59. The summed E-state index contributed by atoms with van der Waals surface area (Å²) in [6.45, 7) is 3.57. The second-order valence-electron chi connectivity index (χ2n) is 2.59. The monoisotopic (exact) mass is 164 g/mol. The number of rotatable bonds is 0. The van der Waals surface area contributed by atoms with Crippen LogP contribution < -0.4 is 5.73 Å². The smallest absolute Gasteiger partial charge is 0.174 e. The lowest BCUT2D eigenvalue weighted by atomic mass is 10.3. The standard InChI is InChI=1S/C7H8N4O/c1-3-5-6(11-12-3)7(8)10-4(2)9-5/h1-2H3,(H2,8,9,10). The highest BCUT2D eigenvalue weighted by molar-refractivity contribution is 5.84. The van der Waals surface area contributed by atoms with Gasteiger partial charge >= 0.3 is 0 Å². The van der Waals surface area contributed by atoms with Crippen LogP contribution in [0.25, 0.3) is 11.0 Å². The zero-order chi connectivity index (χ0) is 8.72. The van der Waals surface area contributed by atoms with Gasteiger partial charge in [0.2, 0.25) is 0 Å². The average molecular weight is 164 g/mol. The van der Waals surface area contributed by atoms with E-state index in [1.807, 2.05) is 0 Å². The molecule has 2 aromatic rings. The van der Waals surface area contributed by atoms with Crippen molar-refractivity contribution < 1.29 is 4.52 Å². The summed E-state index contributed by atoms with van der Waals surface area (Å²) in [6.07, 6.45) is 0. The Kier molecular flexibility index (Phi) is 1.27. The van der Waals surface area contributed by atoms with Gasteiger partial charge < -0.3 is 10.3 Å². The van der Waals surface area contributed by atoms with Gasteiger partial charge in [-0.05, 0) is 13.8 Å². The van der Waals surface area contributed by atoms with E-state index in [4.69, 9.17) is 10.3 Å². The van der Waals surface area contributed by atoms with Crippen LogP contribution in [-0.2, 0) is 0 Å². The van der Waals surface area contributed by atoms with Gasteiger partial charge in [-0.1, -0.05) is 5.16 Å². The summed E-state index contributed by atoms with van der Waals surface area (Å²) in [5.74, 6) is 1.67. The SMILES string of the molecule is Cc1nc(N)c2noc(C)c2n1. The number of hydrogen-bond donors (Lipinski definition) is 1. The van der Waals surface area contributed by atoms with E-state index in [0.29, 0.717) is 28.4 Å². The molecule has 0 bridgehead atoms. The van der Waals surface area contributed by atoms with Gasteiger partial charge in [-0.25, -0.2) is 9.97 Å². The van der Waals surface area contributed by atoms with Gasteiger partial charge in [0.1, 0.15) is 11.3 Å². The van der Waals surface area contributed by atoms with E-state index in [0.717, 1.165) is 0 Å². The fourth-order valence-electron chi connectivity index (χ4n) is 1.08. The molecule has 0 saturated heterocycles. The molecule has 0 aromatic carbocycles. The number of aromatic nitrogens is 3. The number of nitrogens with two attached hydrogens (primary N) is 1. The first-order chi connectivity index (χ1) is 5.68. The van der Waals surface area contributed by atoms with Crippen molar-refractivity contribution >= 4 is 16.9 Å². The molecule has 12 heavy (non-hydrogen) atoms. The van der Waals surface area contributed by atoms with E-state index >= 15 is 0 Å². The van der Waals surface area contributed by atoms with E-state index in [1.54, 1.807) is 13.8 Å². The minimum absolute atomic E-state index is 0.370. The maximum Gasteiger partial charge on any atom is 0.174 e. The fourth-order valence-corrected chi connectivity index (χ4v) is 1.08. The van der Waals surface area contributed by atoms with E-state index in [2.05, 4.69) is 15.1 Å². The zero-order valence-electron chi connectivity index (χ0n) is 6.83. The zero-order valence-corrected chi connectivity index (χ0v) is 6.83. The molecular weight excluding hydrogens is 156 g/mol. The summed E-state index contributed by atoms with van der Waals surface area (Å²) >= 11 is 0. The number of nitrogen functional groups attached to an aromatic ring is 1. The predicted octanol–water partition coefficient (Wildman–Crippen LogP) is 0.817. The van der Waals surface area contributed by atoms with Gasteiger partial charge in [-0.15, -0.1) is 0 Å². The van der Waals surface area contributed by atoms with Gasteiger partial charge in [-0.2, -0.15) is 0 Å². The molecule has 0 aliphatic carbocycles. The van der Waals surface area contributed by atoms with Crippen LogP contribution in [0.5, 0.6) is 0 Å². The van der Waals surface area contributed by atoms with E-state index in [1.165, 1.54) is 0 Å². The first kappa shape index (κ1) is 7.02. The minimum Gasteiger partial charge on any atom is -0.382 e. The lowest BCUT2D eigenvalue weighted by Gasteiger charge is -1.94. The summed E-state index contributed by atoms with van der Waals surface area (Å²) in [4.78, 5) is 8.11. The Morgan fingerprint density at radius 2 is 1.92 bits per heavy atom. The molecule has 0 aliphatic heterocycles. The van der Waals surface area contributed by atoms with Crippen molar-refractivity contribution in [1.82, 2.24) is 15.1 Å². The van der Waals surface area contributed by atoms with E-state index in [-0.39, 0.29) is 0 Å². The first-order valence-electron chi connectivity index (χ1n) is 3.54. The molecule has 0 unspecified atom stereocenters. The molecule has 0 atom stereocenters. The molecule has 5 heteroatoms. The molecule has 5 nitrogen and oxygen atoms in total. The van der Waals surface area contributed by atoms with Crippen molar-refractivity contribution in [2.75, 3.05) is 5.73 Å². The van der Waals surface area contributed by atoms with Crippen LogP contribution in [0.15, 0.2) is 4.52 Å². The van der Waals surface area contributed by atoms with Crippen molar-refractivity contribution in [2.24, 2.45) is 0 Å². The van der Waals surface area contributed by atoms with E-state index in [9.17, 15) is 0 Å².